The van der Waals surface area contributed by atoms with Crippen molar-refractivity contribution < 1.29 is 8.42 Å². The van der Waals surface area contributed by atoms with Crippen LogP contribution >= 0.6 is 23.2 Å². The third kappa shape index (κ3) is 3.61. The molecule has 1 aromatic carbocycles. The van der Waals surface area contributed by atoms with Gasteiger partial charge < -0.3 is 9.88 Å². The number of H-pyrrole nitrogens is 1. The predicted molar refractivity (Wildman–Crippen MR) is 117 cm³/mol. The maximum Gasteiger partial charge on any atom is 0.246 e. The second kappa shape index (κ2) is 7.80. The minimum Gasteiger partial charge on any atom is -0.369 e. The average molecular weight is 453 g/mol. The lowest BCUT2D eigenvalue weighted by Crippen LogP contribution is -2.52. The van der Waals surface area contributed by atoms with E-state index in [9.17, 15) is 8.42 Å². The second-order valence-electron chi connectivity index (χ2n) is 7.43. The molecule has 3 aromatic rings. The summed E-state index contributed by atoms with van der Waals surface area (Å²) >= 11 is 12.4. The van der Waals surface area contributed by atoms with E-state index in [0.29, 0.717) is 19.0 Å². The molecule has 0 radical (unpaired) electrons. The van der Waals surface area contributed by atoms with Crippen LogP contribution in [0.15, 0.2) is 47.6 Å². The van der Waals surface area contributed by atoms with Crippen LogP contribution in [0, 0.1) is 5.92 Å². The van der Waals surface area contributed by atoms with E-state index in [1.165, 1.54) is 4.31 Å². The van der Waals surface area contributed by atoms with E-state index in [2.05, 4.69) is 21.8 Å². The molecule has 3 heterocycles. The number of piperidine rings is 1. The van der Waals surface area contributed by atoms with Crippen LogP contribution in [0.4, 0.5) is 5.69 Å². The summed E-state index contributed by atoms with van der Waals surface area (Å²) in [5.74, 6) is 0.315. The van der Waals surface area contributed by atoms with Crippen molar-refractivity contribution in [2.24, 2.45) is 5.92 Å². The van der Waals surface area contributed by atoms with Gasteiger partial charge in [0.15, 0.2) is 0 Å². The van der Waals surface area contributed by atoms with Crippen molar-refractivity contribution in [1.29, 1.82) is 0 Å². The molecule has 29 heavy (non-hydrogen) atoms. The molecule has 0 unspecified atom stereocenters. The first-order valence-electron chi connectivity index (χ1n) is 9.40. The van der Waals surface area contributed by atoms with E-state index in [1.807, 2.05) is 25.4 Å². The molecule has 1 N–H and O–H groups in total. The van der Waals surface area contributed by atoms with E-state index < -0.39 is 10.0 Å². The Hall–Kier alpha value is -1.80. The Kier molecular flexibility index (Phi) is 5.50. The van der Waals surface area contributed by atoms with E-state index in [4.69, 9.17) is 23.2 Å². The minimum absolute atomic E-state index is 0.000267. The highest BCUT2D eigenvalue weighted by Crippen LogP contribution is 2.35. The summed E-state index contributed by atoms with van der Waals surface area (Å²) in [6, 6.07) is 8.69. The summed E-state index contributed by atoms with van der Waals surface area (Å²) in [6.07, 6.45) is 4.36. The topological polar surface area (TPSA) is 69.3 Å². The van der Waals surface area contributed by atoms with Crippen LogP contribution < -0.4 is 4.90 Å². The van der Waals surface area contributed by atoms with Crippen molar-refractivity contribution in [3.8, 4) is 0 Å². The van der Waals surface area contributed by atoms with Crippen molar-refractivity contribution in [2.75, 3.05) is 25.0 Å². The SMILES string of the molecule is C[C@@H]1CCN(S(=O)(=O)c2c(Cl)cccc2Cl)C[C@@H]1N(C)c1ccnc2[nH]ccc12. The highest BCUT2D eigenvalue weighted by Gasteiger charge is 2.37. The fourth-order valence-corrected chi connectivity index (χ4v) is 6.60. The first kappa shape index (κ1) is 20.5. The van der Waals surface area contributed by atoms with Crippen molar-refractivity contribution in [3.63, 3.8) is 0 Å². The molecule has 1 aliphatic rings. The molecule has 154 valence electrons. The smallest absolute Gasteiger partial charge is 0.246 e. The molecule has 4 rings (SSSR count). The molecular weight excluding hydrogens is 431 g/mol. The van der Waals surface area contributed by atoms with Crippen LogP contribution in [0.3, 0.4) is 0 Å². The second-order valence-corrected chi connectivity index (χ2v) is 10.1. The number of hydrogen-bond donors (Lipinski definition) is 1. The van der Waals surface area contributed by atoms with Crippen molar-refractivity contribution in [1.82, 2.24) is 14.3 Å². The third-order valence-electron chi connectivity index (χ3n) is 5.71. The Morgan fingerprint density at radius 1 is 1.21 bits per heavy atom. The number of fused-ring (bicyclic) bond motifs is 1. The number of rotatable bonds is 4. The summed E-state index contributed by atoms with van der Waals surface area (Å²) < 4.78 is 28.2. The molecular formula is C20H22Cl2N4O2S. The van der Waals surface area contributed by atoms with Crippen molar-refractivity contribution >= 4 is 49.9 Å². The van der Waals surface area contributed by atoms with E-state index >= 15 is 0 Å². The van der Waals surface area contributed by atoms with Crippen LogP contribution in [0.2, 0.25) is 10.0 Å². The molecule has 2 atom stereocenters. The zero-order valence-corrected chi connectivity index (χ0v) is 18.5. The van der Waals surface area contributed by atoms with Gasteiger partial charge >= 0.3 is 0 Å². The maximum atomic E-state index is 13.3. The highest BCUT2D eigenvalue weighted by atomic mass is 35.5. The number of nitrogens with zero attached hydrogens (tertiary/aromatic N) is 3. The largest absolute Gasteiger partial charge is 0.369 e. The van der Waals surface area contributed by atoms with Gasteiger partial charge in [-0.2, -0.15) is 4.31 Å². The maximum absolute atomic E-state index is 13.3. The minimum atomic E-state index is -3.80. The summed E-state index contributed by atoms with van der Waals surface area (Å²) in [6.45, 7) is 2.95. The van der Waals surface area contributed by atoms with Crippen LogP contribution in [0.1, 0.15) is 13.3 Å². The highest BCUT2D eigenvalue weighted by molar-refractivity contribution is 7.89. The Morgan fingerprint density at radius 2 is 1.93 bits per heavy atom. The number of aromatic amines is 1. The van der Waals surface area contributed by atoms with Crippen LogP contribution in [-0.4, -0.2) is 48.9 Å². The standard InChI is InChI=1S/C20H22Cl2N4O2S/c1-13-8-11-26(29(27,28)19-15(21)4-3-5-16(19)22)12-18(13)25(2)17-7-10-24-20-14(17)6-9-23-20/h3-7,9-10,13,18H,8,11-12H2,1-2H3,(H,23,24)/t13-,18+/m1/s1. The van der Waals surface area contributed by atoms with Crippen LogP contribution in [-0.2, 0) is 10.0 Å². The van der Waals surface area contributed by atoms with Gasteiger partial charge in [0.05, 0.1) is 10.0 Å². The van der Waals surface area contributed by atoms with Gasteiger partial charge in [-0.05, 0) is 36.6 Å². The van der Waals surface area contributed by atoms with Gasteiger partial charge in [0.1, 0.15) is 10.5 Å². The summed E-state index contributed by atoms with van der Waals surface area (Å²) in [7, 11) is -1.80. The van der Waals surface area contributed by atoms with Crippen molar-refractivity contribution in [2.45, 2.75) is 24.3 Å². The van der Waals surface area contributed by atoms with Gasteiger partial charge in [-0.1, -0.05) is 36.2 Å². The molecule has 1 aliphatic heterocycles. The number of halogens is 2. The number of likely N-dealkylation sites (N-methyl/N-ethyl adjacent to an activating group) is 1. The van der Waals surface area contributed by atoms with Gasteiger partial charge in [-0.3, -0.25) is 0 Å². The molecule has 0 saturated carbocycles. The quantitative estimate of drug-likeness (QED) is 0.636. The van der Waals surface area contributed by atoms with Gasteiger partial charge in [0.25, 0.3) is 0 Å². The van der Waals surface area contributed by atoms with E-state index in [1.54, 1.807) is 24.4 Å². The number of nitrogens with one attached hydrogen (secondary N) is 1. The van der Waals surface area contributed by atoms with Gasteiger partial charge in [0, 0.05) is 49.6 Å². The fraction of sp³-hybridized carbons (Fsp3) is 0.350. The fourth-order valence-electron chi connectivity index (χ4n) is 4.03. The first-order valence-corrected chi connectivity index (χ1v) is 11.6. The van der Waals surface area contributed by atoms with Crippen LogP contribution in [0.25, 0.3) is 11.0 Å². The molecule has 0 spiro atoms. The number of pyridine rings is 1. The summed E-state index contributed by atoms with van der Waals surface area (Å²) in [5.41, 5.74) is 1.83. The molecule has 1 saturated heterocycles. The number of hydrogen-bond acceptors (Lipinski definition) is 4. The van der Waals surface area contributed by atoms with Crippen LogP contribution in [0.5, 0.6) is 0 Å². The Bertz CT molecular complexity index is 1130. The number of sulfonamides is 1. The summed E-state index contributed by atoms with van der Waals surface area (Å²) in [5, 5.41) is 1.30. The monoisotopic (exact) mass is 452 g/mol. The molecule has 6 nitrogen and oxygen atoms in total. The lowest BCUT2D eigenvalue weighted by Gasteiger charge is -2.42. The number of aromatic nitrogens is 2. The van der Waals surface area contributed by atoms with Gasteiger partial charge in [-0.15, -0.1) is 0 Å². The Morgan fingerprint density at radius 3 is 2.66 bits per heavy atom. The first-order chi connectivity index (χ1) is 13.8. The van der Waals surface area contributed by atoms with Gasteiger partial charge in [0.2, 0.25) is 10.0 Å². The normalized spacial score (nSPS) is 20.8. The summed E-state index contributed by atoms with van der Waals surface area (Å²) in [4.78, 5) is 9.60. The molecule has 9 heteroatoms. The molecule has 0 aliphatic carbocycles. The van der Waals surface area contributed by atoms with E-state index in [0.717, 1.165) is 23.1 Å². The molecule has 1 fully saturated rings. The lowest BCUT2D eigenvalue weighted by atomic mass is 9.93. The lowest BCUT2D eigenvalue weighted by molar-refractivity contribution is 0.248. The average Bonchev–Trinajstić information content (AvgIpc) is 3.16. The van der Waals surface area contributed by atoms with Gasteiger partial charge in [-0.25, -0.2) is 13.4 Å². The third-order valence-corrected chi connectivity index (χ3v) is 8.53. The molecule has 2 aromatic heterocycles. The number of benzene rings is 1. The zero-order valence-electron chi connectivity index (χ0n) is 16.1. The predicted octanol–water partition coefficient (Wildman–Crippen LogP) is 4.41. The molecule has 0 bridgehead atoms. The molecule has 0 amide bonds. The number of anilines is 1. The van der Waals surface area contributed by atoms with E-state index in [-0.39, 0.29) is 21.0 Å². The van der Waals surface area contributed by atoms with Crippen molar-refractivity contribution in [3.05, 3.63) is 52.8 Å². The zero-order chi connectivity index (χ0) is 20.8. The Balaban J connectivity index is 1.67. The Labute approximate surface area is 180 Å².